The number of aryl methyl sites for hydroxylation is 1. The van der Waals surface area contributed by atoms with Gasteiger partial charge in [0.15, 0.2) is 0 Å². The average Bonchev–Trinajstić information content (AvgIpc) is 2.82. The molecule has 1 aromatic rings. The second-order valence-electron chi connectivity index (χ2n) is 5.71. The Morgan fingerprint density at radius 1 is 1.48 bits per heavy atom. The van der Waals surface area contributed by atoms with E-state index in [1.807, 2.05) is 31.7 Å². The molecule has 0 spiro atoms. The topological polar surface area (TPSA) is 67.2 Å². The molecule has 6 heteroatoms. The zero-order chi connectivity index (χ0) is 15.4. The van der Waals surface area contributed by atoms with E-state index in [0.29, 0.717) is 25.9 Å². The molecule has 1 fully saturated rings. The van der Waals surface area contributed by atoms with Crippen LogP contribution in [-0.2, 0) is 23.1 Å². The van der Waals surface area contributed by atoms with Gasteiger partial charge in [0.25, 0.3) is 0 Å². The van der Waals surface area contributed by atoms with Gasteiger partial charge in [0, 0.05) is 45.4 Å². The number of rotatable bonds is 5. The molecule has 6 nitrogen and oxygen atoms in total. The molecule has 116 valence electrons. The first kappa shape index (κ1) is 15.5. The number of imidazole rings is 1. The fourth-order valence-corrected chi connectivity index (χ4v) is 2.57. The molecule has 0 saturated carbocycles. The number of carbonyl (C=O) groups is 2. The minimum Gasteiger partial charge on any atom is -0.344 e. The first-order chi connectivity index (χ1) is 10.0. The maximum atomic E-state index is 12.6. The molecule has 21 heavy (non-hydrogen) atoms. The van der Waals surface area contributed by atoms with Crippen molar-refractivity contribution < 1.29 is 9.59 Å². The van der Waals surface area contributed by atoms with E-state index >= 15 is 0 Å². The van der Waals surface area contributed by atoms with Gasteiger partial charge in [-0.2, -0.15) is 0 Å². The van der Waals surface area contributed by atoms with Crippen LogP contribution in [0.2, 0.25) is 0 Å². The van der Waals surface area contributed by atoms with Crippen molar-refractivity contribution in [3.05, 3.63) is 18.2 Å². The first-order valence-corrected chi connectivity index (χ1v) is 7.57. The molecule has 0 radical (unpaired) electrons. The predicted octanol–water partition coefficient (Wildman–Crippen LogP) is 0.726. The summed E-state index contributed by atoms with van der Waals surface area (Å²) < 4.78 is 1.96. The van der Waals surface area contributed by atoms with Gasteiger partial charge >= 0.3 is 0 Å². The van der Waals surface area contributed by atoms with Crippen LogP contribution < -0.4 is 5.32 Å². The van der Waals surface area contributed by atoms with Crippen molar-refractivity contribution in [2.45, 2.75) is 39.2 Å². The van der Waals surface area contributed by atoms with Crippen LogP contribution in [0, 0.1) is 5.92 Å². The molecule has 1 N–H and O–H groups in total. The summed E-state index contributed by atoms with van der Waals surface area (Å²) in [5.41, 5.74) is 0. The Bertz CT molecular complexity index is 512. The Balaban J connectivity index is 2.05. The van der Waals surface area contributed by atoms with Crippen LogP contribution >= 0.6 is 0 Å². The summed E-state index contributed by atoms with van der Waals surface area (Å²) in [6.07, 6.45) is 5.60. The standard InChI is InChI=1S/C15H24N4O2/c1-4-11(2)14-15(21)19(9-6-13(20)17-14)8-5-12-16-7-10-18(12)3/h7,10-11,14H,4-6,8-9H2,1-3H3,(H,17,20). The highest BCUT2D eigenvalue weighted by Crippen LogP contribution is 2.14. The maximum absolute atomic E-state index is 12.6. The number of nitrogens with zero attached hydrogens (tertiary/aromatic N) is 3. The van der Waals surface area contributed by atoms with Crippen LogP contribution in [0.25, 0.3) is 0 Å². The van der Waals surface area contributed by atoms with Crippen molar-refractivity contribution in [2.75, 3.05) is 13.1 Å². The Morgan fingerprint density at radius 2 is 2.24 bits per heavy atom. The Hall–Kier alpha value is -1.85. The van der Waals surface area contributed by atoms with E-state index in [1.165, 1.54) is 0 Å². The highest BCUT2D eigenvalue weighted by molar-refractivity contribution is 5.90. The number of hydrogen-bond acceptors (Lipinski definition) is 3. The molecule has 2 amide bonds. The van der Waals surface area contributed by atoms with Crippen molar-refractivity contribution in [1.82, 2.24) is 19.8 Å². The normalized spacial score (nSPS) is 21.1. The second-order valence-corrected chi connectivity index (χ2v) is 5.71. The summed E-state index contributed by atoms with van der Waals surface area (Å²) >= 11 is 0. The molecule has 1 aliphatic heterocycles. The molecule has 2 heterocycles. The van der Waals surface area contributed by atoms with E-state index in [1.54, 1.807) is 11.1 Å². The van der Waals surface area contributed by atoms with Crippen molar-refractivity contribution in [3.63, 3.8) is 0 Å². The summed E-state index contributed by atoms with van der Waals surface area (Å²) in [7, 11) is 1.94. The van der Waals surface area contributed by atoms with Crippen molar-refractivity contribution in [2.24, 2.45) is 13.0 Å². The third-order valence-corrected chi connectivity index (χ3v) is 4.24. The Kier molecular flexibility index (Phi) is 4.98. The molecule has 1 aliphatic rings. The summed E-state index contributed by atoms with van der Waals surface area (Å²) in [6, 6.07) is -0.397. The fraction of sp³-hybridized carbons (Fsp3) is 0.667. The lowest BCUT2D eigenvalue weighted by atomic mass is 9.98. The molecule has 0 aliphatic carbocycles. The first-order valence-electron chi connectivity index (χ1n) is 7.57. The van der Waals surface area contributed by atoms with Gasteiger partial charge in [-0.15, -0.1) is 0 Å². The summed E-state index contributed by atoms with van der Waals surface area (Å²) in [6.45, 7) is 5.13. The lowest BCUT2D eigenvalue weighted by Crippen LogP contribution is -2.48. The van der Waals surface area contributed by atoms with Crippen LogP contribution in [0.5, 0.6) is 0 Å². The van der Waals surface area contributed by atoms with E-state index in [4.69, 9.17) is 0 Å². The van der Waals surface area contributed by atoms with Gasteiger partial charge in [0.2, 0.25) is 11.8 Å². The van der Waals surface area contributed by atoms with E-state index in [-0.39, 0.29) is 17.7 Å². The van der Waals surface area contributed by atoms with Gasteiger partial charge < -0.3 is 14.8 Å². The van der Waals surface area contributed by atoms with Gasteiger partial charge in [0.05, 0.1) is 0 Å². The van der Waals surface area contributed by atoms with Gasteiger partial charge in [-0.3, -0.25) is 9.59 Å². The maximum Gasteiger partial charge on any atom is 0.245 e. The average molecular weight is 292 g/mol. The largest absolute Gasteiger partial charge is 0.344 e. The van der Waals surface area contributed by atoms with Gasteiger partial charge in [-0.1, -0.05) is 20.3 Å². The zero-order valence-electron chi connectivity index (χ0n) is 13.0. The molecule has 0 bridgehead atoms. The molecule has 2 rings (SSSR count). The number of nitrogens with one attached hydrogen (secondary N) is 1. The van der Waals surface area contributed by atoms with E-state index in [2.05, 4.69) is 10.3 Å². The van der Waals surface area contributed by atoms with Gasteiger partial charge in [0.1, 0.15) is 11.9 Å². The smallest absolute Gasteiger partial charge is 0.245 e. The Labute approximate surface area is 125 Å². The van der Waals surface area contributed by atoms with Crippen LogP contribution in [0.4, 0.5) is 0 Å². The summed E-state index contributed by atoms with van der Waals surface area (Å²) in [4.78, 5) is 30.5. The summed E-state index contributed by atoms with van der Waals surface area (Å²) in [5, 5.41) is 2.86. The highest BCUT2D eigenvalue weighted by atomic mass is 16.2. The number of carbonyl (C=O) groups excluding carboxylic acids is 2. The lowest BCUT2D eigenvalue weighted by Gasteiger charge is -2.27. The van der Waals surface area contributed by atoms with E-state index in [9.17, 15) is 9.59 Å². The van der Waals surface area contributed by atoms with Crippen molar-refractivity contribution in [3.8, 4) is 0 Å². The molecule has 1 saturated heterocycles. The number of hydrogen-bond donors (Lipinski definition) is 1. The molecule has 2 atom stereocenters. The van der Waals surface area contributed by atoms with Crippen LogP contribution in [-0.4, -0.2) is 45.4 Å². The molecular weight excluding hydrogens is 268 g/mol. The number of amides is 2. The molecule has 1 aromatic heterocycles. The van der Waals surface area contributed by atoms with Crippen LogP contribution in [0.15, 0.2) is 12.4 Å². The van der Waals surface area contributed by atoms with Crippen molar-refractivity contribution in [1.29, 1.82) is 0 Å². The fourth-order valence-electron chi connectivity index (χ4n) is 2.57. The third-order valence-electron chi connectivity index (χ3n) is 4.24. The Morgan fingerprint density at radius 3 is 2.86 bits per heavy atom. The predicted molar refractivity (Wildman–Crippen MR) is 79.5 cm³/mol. The molecular formula is C15H24N4O2. The second kappa shape index (κ2) is 6.74. The molecule has 0 aromatic carbocycles. The number of aromatic nitrogens is 2. The monoisotopic (exact) mass is 292 g/mol. The van der Waals surface area contributed by atoms with Crippen LogP contribution in [0.1, 0.15) is 32.5 Å². The summed E-state index contributed by atoms with van der Waals surface area (Å²) in [5.74, 6) is 1.10. The van der Waals surface area contributed by atoms with Crippen molar-refractivity contribution >= 4 is 11.8 Å². The van der Waals surface area contributed by atoms with Gasteiger partial charge in [-0.05, 0) is 5.92 Å². The lowest BCUT2D eigenvalue weighted by molar-refractivity contribution is -0.134. The quantitative estimate of drug-likeness (QED) is 0.870. The highest BCUT2D eigenvalue weighted by Gasteiger charge is 2.32. The van der Waals surface area contributed by atoms with E-state index in [0.717, 1.165) is 12.2 Å². The zero-order valence-corrected chi connectivity index (χ0v) is 13.0. The third kappa shape index (κ3) is 3.62. The van der Waals surface area contributed by atoms with Crippen LogP contribution in [0.3, 0.4) is 0 Å². The van der Waals surface area contributed by atoms with Gasteiger partial charge in [-0.25, -0.2) is 4.98 Å². The minimum absolute atomic E-state index is 0.0319. The minimum atomic E-state index is -0.397. The van der Waals surface area contributed by atoms with E-state index < -0.39 is 6.04 Å². The SMILES string of the molecule is CCC(C)C1NC(=O)CCN(CCc2nccn2C)C1=O. The molecule has 2 unspecified atom stereocenters.